The van der Waals surface area contributed by atoms with Crippen molar-refractivity contribution in [1.29, 1.82) is 0 Å². The Labute approximate surface area is 133 Å². The number of para-hydroxylation sites is 1. The molecule has 0 saturated carbocycles. The van der Waals surface area contributed by atoms with Gasteiger partial charge in [0.2, 0.25) is 5.95 Å². The van der Waals surface area contributed by atoms with Crippen molar-refractivity contribution >= 4 is 11.9 Å². The summed E-state index contributed by atoms with van der Waals surface area (Å²) >= 11 is 0. The first-order valence-corrected chi connectivity index (χ1v) is 7.47. The summed E-state index contributed by atoms with van der Waals surface area (Å²) in [6.45, 7) is 4.05. The number of anilines is 1. The highest BCUT2D eigenvalue weighted by molar-refractivity contribution is 5.90. The molecule has 0 bridgehead atoms. The summed E-state index contributed by atoms with van der Waals surface area (Å²) < 4.78 is 7.62. The van der Waals surface area contributed by atoms with Gasteiger partial charge in [0, 0.05) is 5.56 Å². The van der Waals surface area contributed by atoms with E-state index in [1.807, 2.05) is 31.2 Å². The first-order chi connectivity index (χ1) is 11.1. The summed E-state index contributed by atoms with van der Waals surface area (Å²) in [5, 5.41) is 16.3. The van der Waals surface area contributed by atoms with E-state index < -0.39 is 5.97 Å². The predicted octanol–water partition coefficient (Wildman–Crippen LogP) is 2.44. The highest BCUT2D eigenvalue weighted by Crippen LogP contribution is 2.34. The van der Waals surface area contributed by atoms with Gasteiger partial charge in [0.15, 0.2) is 0 Å². The molecular weight excluding hydrogens is 296 g/mol. The quantitative estimate of drug-likeness (QED) is 0.881. The Kier molecular flexibility index (Phi) is 4.01. The lowest BCUT2D eigenvalue weighted by Crippen LogP contribution is -2.25. The topological polar surface area (TPSA) is 89.3 Å². The van der Waals surface area contributed by atoms with Gasteiger partial charge in [-0.25, -0.2) is 9.48 Å². The smallest absolute Gasteiger partial charge is 0.352 e. The molecule has 2 atom stereocenters. The minimum Gasteiger partial charge on any atom is -0.490 e. The van der Waals surface area contributed by atoms with Crippen LogP contribution in [0.1, 0.15) is 31.9 Å². The molecule has 1 aliphatic heterocycles. The number of allylic oxidation sites excluding steroid dienone is 1. The van der Waals surface area contributed by atoms with Crippen LogP contribution < -0.4 is 10.1 Å². The summed E-state index contributed by atoms with van der Waals surface area (Å²) in [4.78, 5) is 15.4. The number of hydrogen-bond acceptors (Lipinski definition) is 5. The number of carboxylic acids is 1. The van der Waals surface area contributed by atoms with Crippen molar-refractivity contribution in [2.45, 2.75) is 32.4 Å². The fourth-order valence-corrected chi connectivity index (χ4v) is 2.41. The maximum Gasteiger partial charge on any atom is 0.352 e. The normalized spacial score (nSPS) is 17.7. The maximum absolute atomic E-state index is 11.4. The van der Waals surface area contributed by atoms with Gasteiger partial charge in [0.25, 0.3) is 0 Å². The lowest BCUT2D eigenvalue weighted by molar-refractivity contribution is -0.132. The van der Waals surface area contributed by atoms with E-state index in [9.17, 15) is 9.90 Å². The monoisotopic (exact) mass is 314 g/mol. The van der Waals surface area contributed by atoms with Gasteiger partial charge in [0.05, 0.1) is 6.10 Å². The van der Waals surface area contributed by atoms with Crippen molar-refractivity contribution in [2.75, 3.05) is 5.32 Å². The molecule has 1 aliphatic rings. The molecule has 120 valence electrons. The van der Waals surface area contributed by atoms with Gasteiger partial charge in [-0.2, -0.15) is 10.1 Å². The molecule has 1 aromatic heterocycles. The van der Waals surface area contributed by atoms with E-state index in [2.05, 4.69) is 22.3 Å². The van der Waals surface area contributed by atoms with Gasteiger partial charge >= 0.3 is 5.97 Å². The van der Waals surface area contributed by atoms with Crippen LogP contribution in [0.4, 0.5) is 5.95 Å². The van der Waals surface area contributed by atoms with Gasteiger partial charge in [-0.1, -0.05) is 25.1 Å². The average molecular weight is 314 g/mol. The van der Waals surface area contributed by atoms with E-state index in [-0.39, 0.29) is 17.8 Å². The minimum atomic E-state index is -1.04. The number of carboxylic acid groups (broad SMARTS) is 1. The number of ether oxygens (including phenoxy) is 1. The van der Waals surface area contributed by atoms with E-state index in [4.69, 9.17) is 4.74 Å². The number of aliphatic carboxylic acids is 1. The van der Waals surface area contributed by atoms with Crippen LogP contribution in [-0.2, 0) is 4.79 Å². The van der Waals surface area contributed by atoms with Gasteiger partial charge in [-0.05, 0) is 25.5 Å². The fraction of sp³-hybridized carbons (Fsp3) is 0.312. The Balaban J connectivity index is 2.06. The average Bonchev–Trinajstić information content (AvgIpc) is 3.03. The fourth-order valence-electron chi connectivity index (χ4n) is 2.41. The van der Waals surface area contributed by atoms with Crippen molar-refractivity contribution in [3.63, 3.8) is 0 Å². The van der Waals surface area contributed by atoms with Crippen LogP contribution in [0, 0.1) is 0 Å². The molecular formula is C16H18N4O3. The first kappa shape index (κ1) is 15.1. The van der Waals surface area contributed by atoms with Gasteiger partial charge in [-0.3, -0.25) is 0 Å². The van der Waals surface area contributed by atoms with Crippen molar-refractivity contribution < 1.29 is 14.6 Å². The molecule has 2 N–H and O–H groups in total. The number of hydrogen-bond donors (Lipinski definition) is 2. The summed E-state index contributed by atoms with van der Waals surface area (Å²) in [6.07, 6.45) is 3.95. The third-order valence-electron chi connectivity index (χ3n) is 3.78. The maximum atomic E-state index is 11.4. The van der Waals surface area contributed by atoms with Crippen LogP contribution in [-0.4, -0.2) is 31.9 Å². The van der Waals surface area contributed by atoms with E-state index >= 15 is 0 Å². The molecule has 0 saturated heterocycles. The van der Waals surface area contributed by atoms with Gasteiger partial charge in [0.1, 0.15) is 23.8 Å². The molecule has 0 aliphatic carbocycles. The minimum absolute atomic E-state index is 0.0657. The number of nitrogens with one attached hydrogen (secondary N) is 1. The lowest BCUT2D eigenvalue weighted by Gasteiger charge is -2.25. The van der Waals surface area contributed by atoms with Crippen molar-refractivity contribution in [1.82, 2.24) is 14.8 Å². The number of aromatic nitrogens is 3. The van der Waals surface area contributed by atoms with Crippen molar-refractivity contribution in [3.05, 3.63) is 47.9 Å². The number of carbonyl (C=O) groups is 1. The zero-order chi connectivity index (χ0) is 16.4. The summed E-state index contributed by atoms with van der Waals surface area (Å²) in [7, 11) is 0. The molecule has 0 spiro atoms. The Morgan fingerprint density at radius 3 is 3.00 bits per heavy atom. The first-order valence-electron chi connectivity index (χ1n) is 7.47. The molecule has 3 rings (SSSR count). The van der Waals surface area contributed by atoms with E-state index in [0.717, 1.165) is 17.7 Å². The van der Waals surface area contributed by atoms with Crippen LogP contribution >= 0.6 is 0 Å². The third kappa shape index (κ3) is 2.90. The largest absolute Gasteiger partial charge is 0.490 e. The van der Waals surface area contributed by atoms with Crippen molar-refractivity contribution in [3.8, 4) is 5.75 Å². The second-order valence-corrected chi connectivity index (χ2v) is 5.36. The van der Waals surface area contributed by atoms with E-state index in [1.54, 1.807) is 10.8 Å². The second kappa shape index (κ2) is 6.12. The molecule has 0 radical (unpaired) electrons. The standard InChI is InChI=1S/C16H18N4O3/c1-3-10(2)23-14-7-5-4-6-11(14)13-8-12(15(21)22)19-16-17-9-18-20(13)16/h4-10,13H,3H2,1-2H3,(H,21,22)(H,17,18,19). The van der Waals surface area contributed by atoms with Crippen LogP contribution in [0.5, 0.6) is 5.75 Å². The molecule has 0 fully saturated rings. The Hall–Kier alpha value is -2.83. The van der Waals surface area contributed by atoms with Crippen LogP contribution in [0.15, 0.2) is 42.4 Å². The molecule has 1 aromatic carbocycles. The summed E-state index contributed by atoms with van der Waals surface area (Å²) in [6, 6.07) is 7.20. The molecule has 23 heavy (non-hydrogen) atoms. The Bertz CT molecular complexity index is 753. The van der Waals surface area contributed by atoms with Crippen LogP contribution in [0.25, 0.3) is 0 Å². The molecule has 7 heteroatoms. The molecule has 2 aromatic rings. The number of benzene rings is 1. The van der Waals surface area contributed by atoms with Gasteiger partial charge < -0.3 is 15.2 Å². The highest BCUT2D eigenvalue weighted by atomic mass is 16.5. The highest BCUT2D eigenvalue weighted by Gasteiger charge is 2.27. The van der Waals surface area contributed by atoms with Crippen LogP contribution in [0.2, 0.25) is 0 Å². The van der Waals surface area contributed by atoms with E-state index in [1.165, 1.54) is 6.33 Å². The number of fused-ring (bicyclic) bond motifs is 1. The summed E-state index contributed by atoms with van der Waals surface area (Å²) in [5.41, 5.74) is 0.925. The number of rotatable bonds is 5. The number of nitrogens with zero attached hydrogens (tertiary/aromatic N) is 3. The summed E-state index contributed by atoms with van der Waals surface area (Å²) in [5.74, 6) is 0.0778. The SMILES string of the molecule is CCC(C)Oc1ccccc1C1C=C(C(=O)O)Nc2ncnn21. The van der Waals surface area contributed by atoms with Crippen LogP contribution in [0.3, 0.4) is 0 Å². The molecule has 2 unspecified atom stereocenters. The Morgan fingerprint density at radius 2 is 2.26 bits per heavy atom. The predicted molar refractivity (Wildman–Crippen MR) is 84.3 cm³/mol. The second-order valence-electron chi connectivity index (χ2n) is 5.36. The van der Waals surface area contributed by atoms with E-state index in [0.29, 0.717) is 5.95 Å². The lowest BCUT2D eigenvalue weighted by atomic mass is 10.0. The molecule has 2 heterocycles. The third-order valence-corrected chi connectivity index (χ3v) is 3.78. The Morgan fingerprint density at radius 1 is 1.48 bits per heavy atom. The zero-order valence-corrected chi connectivity index (χ0v) is 12.9. The molecule has 7 nitrogen and oxygen atoms in total. The zero-order valence-electron chi connectivity index (χ0n) is 12.9. The van der Waals surface area contributed by atoms with Gasteiger partial charge in [-0.15, -0.1) is 0 Å². The molecule has 0 amide bonds. The van der Waals surface area contributed by atoms with Crippen molar-refractivity contribution in [2.24, 2.45) is 0 Å².